The molecule has 1 saturated heterocycles. The Bertz CT molecular complexity index is 689. The fourth-order valence-corrected chi connectivity index (χ4v) is 3.94. The lowest BCUT2D eigenvalue weighted by atomic mass is 9.82. The summed E-state index contributed by atoms with van der Waals surface area (Å²) >= 11 is 0. The number of nitrogens with zero attached hydrogens (tertiary/aromatic N) is 1. The Balaban J connectivity index is 2.02. The fraction of sp³-hybridized carbons (Fsp3) is 0.438. The van der Waals surface area contributed by atoms with Gasteiger partial charge in [-0.1, -0.05) is 18.2 Å². The topological polar surface area (TPSA) is 43.3 Å². The minimum Gasteiger partial charge on any atom is -0.452 e. The van der Waals surface area contributed by atoms with Crippen LogP contribution in [-0.2, 0) is 11.2 Å². The number of para-hydroxylation sites is 1. The van der Waals surface area contributed by atoms with Gasteiger partial charge in [-0.15, -0.1) is 0 Å². The highest BCUT2D eigenvalue weighted by Gasteiger charge is 2.37. The molecule has 2 unspecified atom stereocenters. The summed E-state index contributed by atoms with van der Waals surface area (Å²) in [5.41, 5.74) is 3.42. The maximum Gasteiger partial charge on any atom is 0.418 e. The van der Waals surface area contributed by atoms with Crippen molar-refractivity contribution in [2.45, 2.75) is 25.3 Å². The van der Waals surface area contributed by atoms with Crippen molar-refractivity contribution in [3.05, 3.63) is 35.5 Å². The summed E-state index contributed by atoms with van der Waals surface area (Å²) in [6, 6.07) is 8.55. The lowest BCUT2D eigenvalue weighted by Crippen LogP contribution is -2.25. The number of hydrogen-bond donors (Lipinski definition) is 1. The van der Waals surface area contributed by atoms with Gasteiger partial charge in [-0.2, -0.15) is 0 Å². The molecule has 1 N–H and O–H groups in total. The standard InChI is InChI=1S/C16H18N2O2/c1-20-16(19)18-12-5-3-2-4-11(12)14-13(18)7-6-10-8-9-17-15(10)14/h2-5,10,15,17H,6-9H2,1H3. The van der Waals surface area contributed by atoms with Crippen molar-refractivity contribution in [3.63, 3.8) is 0 Å². The number of benzene rings is 1. The molecule has 4 rings (SSSR count). The number of rotatable bonds is 0. The largest absolute Gasteiger partial charge is 0.452 e. The number of methoxy groups -OCH3 is 1. The van der Waals surface area contributed by atoms with Gasteiger partial charge in [0.25, 0.3) is 0 Å². The number of carbonyl (C=O) groups is 1. The van der Waals surface area contributed by atoms with Gasteiger partial charge in [0, 0.05) is 17.1 Å². The first kappa shape index (κ1) is 12.0. The Morgan fingerprint density at radius 1 is 1.35 bits per heavy atom. The predicted octanol–water partition coefficient (Wildman–Crippen LogP) is 2.85. The lowest BCUT2D eigenvalue weighted by molar-refractivity contribution is 0.172. The van der Waals surface area contributed by atoms with Crippen LogP contribution in [0.3, 0.4) is 0 Å². The van der Waals surface area contributed by atoms with Crippen LogP contribution in [0.5, 0.6) is 0 Å². The van der Waals surface area contributed by atoms with E-state index in [-0.39, 0.29) is 6.09 Å². The summed E-state index contributed by atoms with van der Waals surface area (Å²) in [5, 5.41) is 4.80. The van der Waals surface area contributed by atoms with E-state index in [0.717, 1.165) is 30.6 Å². The van der Waals surface area contributed by atoms with Crippen LogP contribution in [-0.4, -0.2) is 24.3 Å². The number of fused-ring (bicyclic) bond motifs is 5. The molecule has 0 bridgehead atoms. The zero-order valence-electron chi connectivity index (χ0n) is 11.6. The van der Waals surface area contributed by atoms with Crippen molar-refractivity contribution >= 4 is 17.0 Å². The van der Waals surface area contributed by atoms with E-state index in [2.05, 4.69) is 11.4 Å². The van der Waals surface area contributed by atoms with Crippen molar-refractivity contribution in [1.82, 2.24) is 9.88 Å². The number of carbonyl (C=O) groups excluding carboxylic acids is 1. The molecular weight excluding hydrogens is 252 g/mol. The van der Waals surface area contributed by atoms with Crippen molar-refractivity contribution in [3.8, 4) is 0 Å². The quantitative estimate of drug-likeness (QED) is 0.800. The molecule has 0 radical (unpaired) electrons. The molecule has 104 valence electrons. The fourth-order valence-electron chi connectivity index (χ4n) is 3.94. The Labute approximate surface area is 117 Å². The van der Waals surface area contributed by atoms with E-state index in [4.69, 9.17) is 4.74 Å². The number of aromatic nitrogens is 1. The molecule has 0 amide bonds. The molecule has 1 aliphatic heterocycles. The first-order valence-corrected chi connectivity index (χ1v) is 7.25. The summed E-state index contributed by atoms with van der Waals surface area (Å²) in [6.07, 6.45) is 3.07. The zero-order valence-corrected chi connectivity index (χ0v) is 11.6. The normalized spacial score (nSPS) is 24.4. The highest BCUT2D eigenvalue weighted by Crippen LogP contribution is 2.44. The molecule has 2 heterocycles. The summed E-state index contributed by atoms with van der Waals surface area (Å²) in [7, 11) is 1.45. The van der Waals surface area contributed by atoms with E-state index < -0.39 is 0 Å². The van der Waals surface area contributed by atoms with Gasteiger partial charge in [0.15, 0.2) is 0 Å². The van der Waals surface area contributed by atoms with Crippen LogP contribution in [0, 0.1) is 5.92 Å². The SMILES string of the molecule is COC(=O)n1c2c(c3ccccc31)C1NCCC1CC2. The molecule has 20 heavy (non-hydrogen) atoms. The average Bonchev–Trinajstić information content (AvgIpc) is 3.07. The van der Waals surface area contributed by atoms with Gasteiger partial charge < -0.3 is 10.1 Å². The van der Waals surface area contributed by atoms with Gasteiger partial charge in [0.1, 0.15) is 0 Å². The van der Waals surface area contributed by atoms with Crippen LogP contribution in [0.25, 0.3) is 10.9 Å². The van der Waals surface area contributed by atoms with E-state index >= 15 is 0 Å². The number of hydrogen-bond acceptors (Lipinski definition) is 3. The molecule has 4 heteroatoms. The van der Waals surface area contributed by atoms with E-state index in [9.17, 15) is 4.79 Å². The molecular formula is C16H18N2O2. The van der Waals surface area contributed by atoms with Crippen LogP contribution in [0.2, 0.25) is 0 Å². The first-order valence-electron chi connectivity index (χ1n) is 7.25. The Hall–Kier alpha value is -1.81. The molecule has 2 aliphatic rings. The van der Waals surface area contributed by atoms with Crippen molar-refractivity contribution in [1.29, 1.82) is 0 Å². The molecule has 1 aromatic carbocycles. The lowest BCUT2D eigenvalue weighted by Gasteiger charge is -2.26. The Morgan fingerprint density at radius 2 is 2.20 bits per heavy atom. The van der Waals surface area contributed by atoms with Gasteiger partial charge in [-0.3, -0.25) is 0 Å². The second kappa shape index (κ2) is 4.35. The predicted molar refractivity (Wildman–Crippen MR) is 76.9 cm³/mol. The minimum atomic E-state index is -0.279. The Kier molecular flexibility index (Phi) is 2.60. The molecule has 1 aromatic heterocycles. The van der Waals surface area contributed by atoms with Gasteiger partial charge in [0.05, 0.1) is 12.6 Å². The van der Waals surface area contributed by atoms with Gasteiger partial charge >= 0.3 is 6.09 Å². The number of nitrogens with one attached hydrogen (secondary N) is 1. The third kappa shape index (κ3) is 1.48. The Morgan fingerprint density at radius 3 is 3.05 bits per heavy atom. The maximum absolute atomic E-state index is 12.2. The minimum absolute atomic E-state index is 0.279. The highest BCUT2D eigenvalue weighted by atomic mass is 16.5. The summed E-state index contributed by atoms with van der Waals surface area (Å²) in [5.74, 6) is 0.708. The second-order valence-electron chi connectivity index (χ2n) is 5.70. The number of ether oxygens (including phenoxy) is 1. The third-order valence-electron chi connectivity index (χ3n) is 4.79. The second-order valence-corrected chi connectivity index (χ2v) is 5.70. The first-order chi connectivity index (χ1) is 9.81. The maximum atomic E-state index is 12.2. The van der Waals surface area contributed by atoms with Crippen LogP contribution < -0.4 is 5.32 Å². The van der Waals surface area contributed by atoms with E-state index in [1.807, 2.05) is 18.2 Å². The van der Waals surface area contributed by atoms with Crippen molar-refractivity contribution in [2.24, 2.45) is 5.92 Å². The van der Waals surface area contributed by atoms with Crippen molar-refractivity contribution < 1.29 is 9.53 Å². The molecule has 4 nitrogen and oxygen atoms in total. The smallest absolute Gasteiger partial charge is 0.418 e. The van der Waals surface area contributed by atoms with Crippen molar-refractivity contribution in [2.75, 3.05) is 13.7 Å². The van der Waals surface area contributed by atoms with Gasteiger partial charge in [-0.05, 0) is 43.4 Å². The van der Waals surface area contributed by atoms with E-state index in [1.54, 1.807) is 4.57 Å². The molecule has 1 aliphatic carbocycles. The molecule has 2 aromatic rings. The molecule has 1 fully saturated rings. The molecule has 0 saturated carbocycles. The molecule has 0 spiro atoms. The van der Waals surface area contributed by atoms with Gasteiger partial charge in [0.2, 0.25) is 0 Å². The highest BCUT2D eigenvalue weighted by molar-refractivity contribution is 5.94. The third-order valence-corrected chi connectivity index (χ3v) is 4.79. The van der Waals surface area contributed by atoms with Crippen LogP contribution in [0.15, 0.2) is 24.3 Å². The van der Waals surface area contributed by atoms with Gasteiger partial charge in [-0.25, -0.2) is 9.36 Å². The van der Waals surface area contributed by atoms with E-state index in [1.165, 1.54) is 24.5 Å². The average molecular weight is 270 g/mol. The zero-order chi connectivity index (χ0) is 13.7. The summed E-state index contributed by atoms with van der Waals surface area (Å²) < 4.78 is 6.75. The molecule has 2 atom stereocenters. The van der Waals surface area contributed by atoms with Crippen LogP contribution >= 0.6 is 0 Å². The summed E-state index contributed by atoms with van der Waals surface area (Å²) in [6.45, 7) is 1.08. The monoisotopic (exact) mass is 270 g/mol. The van der Waals surface area contributed by atoms with Crippen LogP contribution in [0.1, 0.15) is 30.1 Å². The summed E-state index contributed by atoms with van der Waals surface area (Å²) in [4.78, 5) is 12.2. The van der Waals surface area contributed by atoms with Crippen LogP contribution in [0.4, 0.5) is 4.79 Å². The van der Waals surface area contributed by atoms with E-state index in [0.29, 0.717) is 12.0 Å².